The summed E-state index contributed by atoms with van der Waals surface area (Å²) in [4.78, 5) is 0. The van der Waals surface area contributed by atoms with Crippen molar-refractivity contribution >= 4 is 8.32 Å². The van der Waals surface area contributed by atoms with E-state index < -0.39 is 8.32 Å². The van der Waals surface area contributed by atoms with Crippen molar-refractivity contribution in [2.45, 2.75) is 59.7 Å². The molecular weight excluding hydrogens is 200 g/mol. The predicted molar refractivity (Wildman–Crippen MR) is 71.7 cm³/mol. The van der Waals surface area contributed by atoms with Gasteiger partial charge >= 0.3 is 0 Å². The van der Waals surface area contributed by atoms with Crippen molar-refractivity contribution in [3.63, 3.8) is 0 Å². The second-order valence-corrected chi connectivity index (χ2v) is 11.7. The van der Waals surface area contributed by atoms with Gasteiger partial charge in [0.25, 0.3) is 0 Å². The molecule has 0 fully saturated rings. The average molecular weight is 228 g/mol. The third-order valence-electron chi connectivity index (χ3n) is 3.47. The molecule has 0 aromatic rings. The number of hydrogen-bond acceptors (Lipinski definition) is 1. The summed E-state index contributed by atoms with van der Waals surface area (Å²) in [7, 11) is -1.61. The zero-order chi connectivity index (χ0) is 12.5. The lowest BCUT2D eigenvalue weighted by Crippen LogP contribution is -2.41. The molecule has 0 bridgehead atoms. The van der Waals surface area contributed by atoms with Gasteiger partial charge in [-0.1, -0.05) is 48.1 Å². The van der Waals surface area contributed by atoms with Crippen LogP contribution in [0.25, 0.3) is 0 Å². The lowest BCUT2D eigenvalue weighted by Gasteiger charge is -2.37. The van der Waals surface area contributed by atoms with Gasteiger partial charge < -0.3 is 4.43 Å². The van der Waals surface area contributed by atoms with Crippen LogP contribution in [0.5, 0.6) is 0 Å². The first-order valence-electron chi connectivity index (χ1n) is 5.70. The second kappa shape index (κ2) is 4.42. The Hall–Kier alpha value is -0.0831. The summed E-state index contributed by atoms with van der Waals surface area (Å²) >= 11 is 0. The van der Waals surface area contributed by atoms with Gasteiger partial charge in [0.05, 0.1) is 6.61 Å². The summed E-state index contributed by atoms with van der Waals surface area (Å²) in [6, 6.07) is 0. The van der Waals surface area contributed by atoms with Gasteiger partial charge in [0.1, 0.15) is 0 Å². The van der Waals surface area contributed by atoms with Crippen LogP contribution < -0.4 is 0 Å². The Bertz CT molecular complexity index is 228. The van der Waals surface area contributed by atoms with E-state index in [4.69, 9.17) is 4.43 Å². The quantitative estimate of drug-likeness (QED) is 0.506. The fourth-order valence-electron chi connectivity index (χ4n) is 0.701. The normalized spacial score (nSPS) is 14.1. The number of hydrogen-bond donors (Lipinski definition) is 0. The molecule has 0 aliphatic carbocycles. The van der Waals surface area contributed by atoms with E-state index in [1.165, 1.54) is 5.57 Å². The molecule has 0 aliphatic rings. The Morgan fingerprint density at radius 2 is 1.47 bits per heavy atom. The SMILES string of the molecule is C=C(CO[Si](C)(C)C(C)(C)C)C(C)(C)C. The van der Waals surface area contributed by atoms with E-state index in [0.29, 0.717) is 6.61 Å². The van der Waals surface area contributed by atoms with Crippen LogP contribution in [0.15, 0.2) is 12.2 Å². The summed E-state index contributed by atoms with van der Waals surface area (Å²) in [5.74, 6) is 0. The molecule has 1 nitrogen and oxygen atoms in total. The first-order valence-corrected chi connectivity index (χ1v) is 8.61. The minimum Gasteiger partial charge on any atom is -0.413 e. The fraction of sp³-hybridized carbons (Fsp3) is 0.846. The van der Waals surface area contributed by atoms with Crippen LogP contribution in [0.4, 0.5) is 0 Å². The molecule has 0 amide bonds. The van der Waals surface area contributed by atoms with Crippen molar-refractivity contribution in [3.8, 4) is 0 Å². The van der Waals surface area contributed by atoms with Gasteiger partial charge in [0, 0.05) is 0 Å². The smallest absolute Gasteiger partial charge is 0.192 e. The molecule has 0 heterocycles. The third-order valence-corrected chi connectivity index (χ3v) is 7.95. The Morgan fingerprint density at radius 1 is 1.07 bits per heavy atom. The highest BCUT2D eigenvalue weighted by molar-refractivity contribution is 6.74. The molecule has 0 rings (SSSR count). The van der Waals surface area contributed by atoms with Gasteiger partial charge in [-0.15, -0.1) is 0 Å². The van der Waals surface area contributed by atoms with E-state index in [1.807, 2.05) is 0 Å². The summed E-state index contributed by atoms with van der Waals surface area (Å²) in [5.41, 5.74) is 1.34. The molecule has 90 valence electrons. The lowest BCUT2D eigenvalue weighted by molar-refractivity contribution is 0.290. The van der Waals surface area contributed by atoms with E-state index in [9.17, 15) is 0 Å². The van der Waals surface area contributed by atoms with E-state index in [1.54, 1.807) is 0 Å². The van der Waals surface area contributed by atoms with Crippen molar-refractivity contribution in [3.05, 3.63) is 12.2 Å². The van der Waals surface area contributed by atoms with Crippen LogP contribution in [0.2, 0.25) is 18.1 Å². The van der Waals surface area contributed by atoms with Gasteiger partial charge in [0.15, 0.2) is 8.32 Å². The molecular formula is C13H28OSi. The summed E-state index contributed by atoms with van der Waals surface area (Å²) in [6.45, 7) is 22.7. The standard InChI is InChI=1S/C13H28OSi/c1-11(12(2,3)4)10-14-15(8,9)13(5,6)7/h1,10H2,2-9H3. The van der Waals surface area contributed by atoms with Crippen LogP contribution in [0, 0.1) is 5.41 Å². The monoisotopic (exact) mass is 228 g/mol. The topological polar surface area (TPSA) is 9.23 Å². The average Bonchev–Trinajstić information content (AvgIpc) is 1.96. The van der Waals surface area contributed by atoms with Gasteiger partial charge in [-0.25, -0.2) is 0 Å². The van der Waals surface area contributed by atoms with Crippen molar-refractivity contribution in [2.75, 3.05) is 6.61 Å². The third kappa shape index (κ3) is 4.52. The van der Waals surface area contributed by atoms with Crippen LogP contribution in [-0.2, 0) is 4.43 Å². The molecule has 0 aromatic heterocycles. The summed E-state index contributed by atoms with van der Waals surface area (Å²) in [6.07, 6.45) is 0. The molecule has 0 saturated carbocycles. The molecule has 0 spiro atoms. The molecule has 0 radical (unpaired) electrons. The summed E-state index contributed by atoms with van der Waals surface area (Å²) < 4.78 is 6.12. The maximum absolute atomic E-state index is 6.12. The molecule has 2 heteroatoms. The largest absolute Gasteiger partial charge is 0.413 e. The lowest BCUT2D eigenvalue weighted by atomic mass is 9.88. The zero-order valence-electron chi connectivity index (χ0n) is 11.8. The molecule has 0 unspecified atom stereocenters. The van der Waals surface area contributed by atoms with Gasteiger partial charge in [-0.2, -0.15) is 0 Å². The predicted octanol–water partition coefficient (Wildman–Crippen LogP) is 4.61. The van der Waals surface area contributed by atoms with Gasteiger partial charge in [0.2, 0.25) is 0 Å². The number of rotatable bonds is 3. The van der Waals surface area contributed by atoms with E-state index >= 15 is 0 Å². The zero-order valence-corrected chi connectivity index (χ0v) is 12.8. The maximum atomic E-state index is 6.12. The molecule has 0 N–H and O–H groups in total. The molecule has 0 atom stereocenters. The van der Waals surface area contributed by atoms with E-state index in [2.05, 4.69) is 61.2 Å². The van der Waals surface area contributed by atoms with Crippen LogP contribution in [0.3, 0.4) is 0 Å². The fourth-order valence-corrected chi connectivity index (χ4v) is 1.67. The molecule has 0 saturated heterocycles. The highest BCUT2D eigenvalue weighted by atomic mass is 28.4. The first kappa shape index (κ1) is 14.9. The first-order chi connectivity index (χ1) is 6.38. The van der Waals surface area contributed by atoms with Gasteiger partial charge in [-0.05, 0) is 29.1 Å². The maximum Gasteiger partial charge on any atom is 0.192 e. The Balaban J connectivity index is 4.36. The Morgan fingerprint density at radius 3 is 1.73 bits per heavy atom. The van der Waals surface area contributed by atoms with Crippen LogP contribution in [0.1, 0.15) is 41.5 Å². The van der Waals surface area contributed by atoms with Crippen LogP contribution in [-0.4, -0.2) is 14.9 Å². The van der Waals surface area contributed by atoms with E-state index in [-0.39, 0.29) is 10.5 Å². The molecule has 0 aliphatic heterocycles. The van der Waals surface area contributed by atoms with Crippen molar-refractivity contribution in [2.24, 2.45) is 5.41 Å². The Kier molecular flexibility index (Phi) is 4.40. The highest BCUT2D eigenvalue weighted by Crippen LogP contribution is 2.37. The second-order valence-electron chi connectivity index (χ2n) is 6.90. The van der Waals surface area contributed by atoms with E-state index in [0.717, 1.165) is 0 Å². The van der Waals surface area contributed by atoms with Crippen LogP contribution >= 0.6 is 0 Å². The minimum atomic E-state index is -1.61. The highest BCUT2D eigenvalue weighted by Gasteiger charge is 2.37. The summed E-state index contributed by atoms with van der Waals surface area (Å²) in [5, 5.41) is 0.283. The van der Waals surface area contributed by atoms with Crippen molar-refractivity contribution in [1.29, 1.82) is 0 Å². The van der Waals surface area contributed by atoms with Gasteiger partial charge in [-0.3, -0.25) is 0 Å². The minimum absolute atomic E-state index is 0.155. The van der Waals surface area contributed by atoms with Crippen molar-refractivity contribution in [1.82, 2.24) is 0 Å². The Labute approximate surface area is 97.0 Å². The van der Waals surface area contributed by atoms with Crippen molar-refractivity contribution < 1.29 is 4.43 Å². The molecule has 0 aromatic carbocycles. The molecule has 15 heavy (non-hydrogen) atoms.